The van der Waals surface area contributed by atoms with Crippen molar-refractivity contribution in [1.29, 1.82) is 0 Å². The van der Waals surface area contributed by atoms with Crippen molar-refractivity contribution in [3.63, 3.8) is 0 Å². The van der Waals surface area contributed by atoms with Crippen LogP contribution in [-0.2, 0) is 4.74 Å². The van der Waals surface area contributed by atoms with Gasteiger partial charge in [-0.2, -0.15) is 0 Å². The van der Waals surface area contributed by atoms with Crippen LogP contribution in [0.15, 0.2) is 0 Å². The number of ether oxygens (including phenoxy) is 1. The zero-order chi connectivity index (χ0) is 14.3. The van der Waals surface area contributed by atoms with Crippen LogP contribution in [0.2, 0.25) is 0 Å². The average Bonchev–Trinajstić information content (AvgIpc) is 2.99. The number of rotatable bonds is 8. The van der Waals surface area contributed by atoms with Crippen molar-refractivity contribution in [1.82, 2.24) is 5.32 Å². The Kier molecular flexibility index (Phi) is 6.83. The smallest absolute Gasteiger partial charge is 0.0806 e. The van der Waals surface area contributed by atoms with E-state index in [4.69, 9.17) is 4.74 Å². The molecule has 2 aliphatic carbocycles. The monoisotopic (exact) mass is 281 g/mol. The van der Waals surface area contributed by atoms with E-state index >= 15 is 0 Å². The van der Waals surface area contributed by atoms with Crippen molar-refractivity contribution >= 4 is 0 Å². The number of hydrogen-bond acceptors (Lipinski definition) is 2. The Morgan fingerprint density at radius 1 is 1.00 bits per heavy atom. The molecule has 0 aromatic carbocycles. The summed E-state index contributed by atoms with van der Waals surface area (Å²) in [6, 6.07) is 0. The summed E-state index contributed by atoms with van der Waals surface area (Å²) in [5.74, 6) is 1.81. The molecule has 0 atom stereocenters. The summed E-state index contributed by atoms with van der Waals surface area (Å²) in [6.45, 7) is 7.66. The van der Waals surface area contributed by atoms with Crippen LogP contribution in [0.25, 0.3) is 0 Å². The molecule has 2 fully saturated rings. The molecule has 1 N–H and O–H groups in total. The van der Waals surface area contributed by atoms with Gasteiger partial charge >= 0.3 is 0 Å². The van der Waals surface area contributed by atoms with Gasteiger partial charge in [0.05, 0.1) is 12.2 Å². The lowest BCUT2D eigenvalue weighted by Crippen LogP contribution is -2.46. The van der Waals surface area contributed by atoms with Crippen LogP contribution in [0.5, 0.6) is 0 Å². The Balaban J connectivity index is 1.82. The quantitative estimate of drug-likeness (QED) is 0.705. The minimum absolute atomic E-state index is 0.156. The molecule has 0 amide bonds. The SMILES string of the molecule is CCCC1CCC(CNCC)(OCC2CCCC2)CC1. The molecule has 20 heavy (non-hydrogen) atoms. The van der Waals surface area contributed by atoms with Gasteiger partial charge in [-0.1, -0.05) is 39.5 Å². The summed E-state index contributed by atoms with van der Waals surface area (Å²) < 4.78 is 6.52. The van der Waals surface area contributed by atoms with Crippen LogP contribution in [0.1, 0.15) is 78.1 Å². The third-order valence-electron chi connectivity index (χ3n) is 5.51. The molecule has 0 saturated heterocycles. The fourth-order valence-corrected chi connectivity index (χ4v) is 4.10. The van der Waals surface area contributed by atoms with Crippen molar-refractivity contribution in [2.75, 3.05) is 19.7 Å². The maximum absolute atomic E-state index is 6.52. The Labute approximate surface area is 126 Å². The maximum atomic E-state index is 6.52. The van der Waals surface area contributed by atoms with E-state index in [9.17, 15) is 0 Å². The second-order valence-corrected chi connectivity index (χ2v) is 7.16. The van der Waals surface area contributed by atoms with Gasteiger partial charge in [0.1, 0.15) is 0 Å². The van der Waals surface area contributed by atoms with Gasteiger partial charge in [-0.15, -0.1) is 0 Å². The van der Waals surface area contributed by atoms with E-state index in [0.29, 0.717) is 0 Å². The molecule has 0 unspecified atom stereocenters. The largest absolute Gasteiger partial charge is 0.373 e. The number of nitrogens with one attached hydrogen (secondary N) is 1. The highest BCUT2D eigenvalue weighted by Gasteiger charge is 2.36. The van der Waals surface area contributed by atoms with E-state index in [-0.39, 0.29) is 5.60 Å². The van der Waals surface area contributed by atoms with E-state index in [1.807, 2.05) is 0 Å². The van der Waals surface area contributed by atoms with Crippen molar-refractivity contribution in [3.05, 3.63) is 0 Å². The van der Waals surface area contributed by atoms with Gasteiger partial charge in [-0.3, -0.25) is 0 Å². The Morgan fingerprint density at radius 3 is 2.30 bits per heavy atom. The maximum Gasteiger partial charge on any atom is 0.0806 e. The fourth-order valence-electron chi connectivity index (χ4n) is 4.10. The third kappa shape index (κ3) is 4.73. The van der Waals surface area contributed by atoms with E-state index in [1.54, 1.807) is 0 Å². The Morgan fingerprint density at radius 2 is 1.70 bits per heavy atom. The lowest BCUT2D eigenvalue weighted by Gasteiger charge is -2.41. The molecule has 2 rings (SSSR count). The molecule has 0 aliphatic heterocycles. The molecule has 2 nitrogen and oxygen atoms in total. The number of likely N-dealkylation sites (N-methyl/N-ethyl adjacent to an activating group) is 1. The zero-order valence-electron chi connectivity index (χ0n) is 13.8. The first-order valence-corrected chi connectivity index (χ1v) is 9.12. The zero-order valence-corrected chi connectivity index (χ0v) is 13.8. The van der Waals surface area contributed by atoms with Gasteiger partial charge in [0.15, 0.2) is 0 Å². The molecule has 2 saturated carbocycles. The predicted molar refractivity (Wildman–Crippen MR) is 86.1 cm³/mol. The van der Waals surface area contributed by atoms with Crippen LogP contribution in [0.4, 0.5) is 0 Å². The first-order valence-electron chi connectivity index (χ1n) is 9.12. The van der Waals surface area contributed by atoms with E-state index in [1.165, 1.54) is 64.2 Å². The number of hydrogen-bond donors (Lipinski definition) is 1. The Hall–Kier alpha value is -0.0800. The summed E-state index contributed by atoms with van der Waals surface area (Å²) in [7, 11) is 0. The van der Waals surface area contributed by atoms with Crippen molar-refractivity contribution in [2.45, 2.75) is 83.7 Å². The van der Waals surface area contributed by atoms with Gasteiger partial charge in [0, 0.05) is 6.54 Å². The second-order valence-electron chi connectivity index (χ2n) is 7.16. The summed E-state index contributed by atoms with van der Waals surface area (Å²) in [4.78, 5) is 0. The summed E-state index contributed by atoms with van der Waals surface area (Å²) in [5.41, 5.74) is 0.156. The molecule has 2 aliphatic rings. The molecule has 0 aromatic rings. The van der Waals surface area contributed by atoms with Gasteiger partial charge in [-0.05, 0) is 56.9 Å². The highest BCUT2D eigenvalue weighted by Crippen LogP contribution is 2.37. The highest BCUT2D eigenvalue weighted by atomic mass is 16.5. The van der Waals surface area contributed by atoms with E-state index in [0.717, 1.165) is 31.5 Å². The van der Waals surface area contributed by atoms with Crippen molar-refractivity contribution < 1.29 is 4.74 Å². The predicted octanol–water partition coefficient (Wildman–Crippen LogP) is 4.53. The van der Waals surface area contributed by atoms with E-state index < -0.39 is 0 Å². The van der Waals surface area contributed by atoms with Gasteiger partial charge in [0.25, 0.3) is 0 Å². The Bertz CT molecular complexity index is 252. The van der Waals surface area contributed by atoms with Crippen LogP contribution >= 0.6 is 0 Å². The summed E-state index contributed by atoms with van der Waals surface area (Å²) in [6.07, 6.45) is 13.7. The lowest BCUT2D eigenvalue weighted by molar-refractivity contribution is -0.0883. The second kappa shape index (κ2) is 8.38. The van der Waals surface area contributed by atoms with Crippen molar-refractivity contribution in [2.24, 2.45) is 11.8 Å². The van der Waals surface area contributed by atoms with E-state index in [2.05, 4.69) is 19.2 Å². The van der Waals surface area contributed by atoms with Crippen LogP contribution in [0.3, 0.4) is 0 Å². The normalized spacial score (nSPS) is 31.8. The lowest BCUT2D eigenvalue weighted by atomic mass is 9.77. The standard InChI is InChI=1S/C18H35NO/c1-3-7-16-10-12-18(13-11-16,15-19-4-2)20-14-17-8-5-6-9-17/h16-17,19H,3-15H2,1-2H3. The molecule has 118 valence electrons. The summed E-state index contributed by atoms with van der Waals surface area (Å²) in [5, 5.41) is 3.56. The minimum Gasteiger partial charge on any atom is -0.373 e. The topological polar surface area (TPSA) is 21.3 Å². The summed E-state index contributed by atoms with van der Waals surface area (Å²) >= 11 is 0. The molecule has 0 radical (unpaired) electrons. The molecule has 2 heteroatoms. The first-order chi connectivity index (χ1) is 9.78. The fraction of sp³-hybridized carbons (Fsp3) is 1.00. The molecular formula is C18H35NO. The van der Waals surface area contributed by atoms with Crippen LogP contribution in [0, 0.1) is 11.8 Å². The molecular weight excluding hydrogens is 246 g/mol. The van der Waals surface area contributed by atoms with Gasteiger partial charge < -0.3 is 10.1 Å². The molecule has 0 bridgehead atoms. The molecule has 0 aromatic heterocycles. The van der Waals surface area contributed by atoms with Crippen LogP contribution in [-0.4, -0.2) is 25.3 Å². The average molecular weight is 281 g/mol. The molecule has 0 spiro atoms. The van der Waals surface area contributed by atoms with Crippen LogP contribution < -0.4 is 5.32 Å². The first kappa shape index (κ1) is 16.3. The minimum atomic E-state index is 0.156. The van der Waals surface area contributed by atoms with Gasteiger partial charge in [0.2, 0.25) is 0 Å². The third-order valence-corrected chi connectivity index (χ3v) is 5.51. The van der Waals surface area contributed by atoms with Crippen molar-refractivity contribution in [3.8, 4) is 0 Å². The van der Waals surface area contributed by atoms with Gasteiger partial charge in [-0.25, -0.2) is 0 Å². The highest BCUT2D eigenvalue weighted by molar-refractivity contribution is 4.89. The molecule has 0 heterocycles.